The number of nitrogens with one attached hydrogen (secondary N) is 1. The third-order valence-corrected chi connectivity index (χ3v) is 6.31. The summed E-state index contributed by atoms with van der Waals surface area (Å²) in [6.07, 6.45) is 2.47. The molecule has 0 aliphatic carbocycles. The van der Waals surface area contributed by atoms with Crippen LogP contribution in [0.2, 0.25) is 0 Å². The topological polar surface area (TPSA) is 69.7 Å². The van der Waals surface area contributed by atoms with E-state index in [1.165, 1.54) is 0 Å². The Morgan fingerprint density at radius 3 is 2.37 bits per heavy atom. The lowest BCUT2D eigenvalue weighted by Crippen LogP contribution is -2.63. The van der Waals surface area contributed by atoms with Gasteiger partial charge in [-0.3, -0.25) is 19.3 Å². The highest BCUT2D eigenvalue weighted by atomic mass is 16.2. The molecule has 2 aliphatic heterocycles. The first-order valence-electron chi connectivity index (χ1n) is 10.5. The van der Waals surface area contributed by atoms with Crippen molar-refractivity contribution in [1.29, 1.82) is 0 Å². The number of para-hydroxylation sites is 2. The number of hydrogen-bond acceptors (Lipinski definition) is 3. The molecule has 156 valence electrons. The van der Waals surface area contributed by atoms with Crippen LogP contribution in [-0.2, 0) is 22.4 Å². The Hall–Kier alpha value is -3.15. The van der Waals surface area contributed by atoms with Crippen molar-refractivity contribution in [3.05, 3.63) is 59.2 Å². The molecular formula is C24H27N3O3. The van der Waals surface area contributed by atoms with Gasteiger partial charge >= 0.3 is 0 Å². The van der Waals surface area contributed by atoms with Gasteiger partial charge in [0, 0.05) is 12.1 Å². The van der Waals surface area contributed by atoms with Gasteiger partial charge in [0.25, 0.3) is 5.91 Å². The van der Waals surface area contributed by atoms with E-state index in [0.29, 0.717) is 24.1 Å². The number of carbonyl (C=O) groups excluding carboxylic acids is 3. The number of fused-ring (bicyclic) bond motifs is 3. The second-order valence-electron chi connectivity index (χ2n) is 8.06. The molecule has 3 amide bonds. The average molecular weight is 405 g/mol. The highest BCUT2D eigenvalue weighted by molar-refractivity contribution is 6.11. The molecule has 2 aromatic rings. The lowest BCUT2D eigenvalue weighted by molar-refractivity contribution is -0.120. The number of benzene rings is 2. The fourth-order valence-electron chi connectivity index (χ4n) is 4.67. The Labute approximate surface area is 176 Å². The molecule has 0 radical (unpaired) electrons. The summed E-state index contributed by atoms with van der Waals surface area (Å²) < 4.78 is 0. The number of nitrogens with zero attached hydrogens (tertiary/aromatic N) is 2. The first-order chi connectivity index (χ1) is 14.4. The molecule has 2 aromatic carbocycles. The van der Waals surface area contributed by atoms with Crippen molar-refractivity contribution in [1.82, 2.24) is 4.90 Å². The van der Waals surface area contributed by atoms with Crippen molar-refractivity contribution in [2.24, 2.45) is 0 Å². The van der Waals surface area contributed by atoms with Crippen LogP contribution < -0.4 is 10.2 Å². The van der Waals surface area contributed by atoms with E-state index < -0.39 is 5.66 Å². The first-order valence-corrected chi connectivity index (χ1v) is 10.5. The van der Waals surface area contributed by atoms with Gasteiger partial charge in [-0.25, -0.2) is 0 Å². The molecule has 0 saturated carbocycles. The van der Waals surface area contributed by atoms with E-state index in [2.05, 4.69) is 19.2 Å². The van der Waals surface area contributed by atoms with Crippen LogP contribution in [0, 0.1) is 0 Å². The standard InChI is InChI=1S/C24H27N3O3/c1-4-16-9-8-10-17(5-2)22(16)25-20(28)15-26-23(30)18-11-6-7-12-19(18)27-21(29)13-14-24(26,27)3/h6-12H,4-5,13-15H2,1-3H3,(H,25,28)/t24-/m1/s1. The van der Waals surface area contributed by atoms with Gasteiger partial charge in [-0.15, -0.1) is 0 Å². The number of anilines is 2. The van der Waals surface area contributed by atoms with E-state index in [0.717, 1.165) is 29.7 Å². The minimum absolute atomic E-state index is 0.0209. The second kappa shape index (κ2) is 7.59. The van der Waals surface area contributed by atoms with Gasteiger partial charge in [-0.05, 0) is 49.4 Å². The molecule has 1 atom stereocenters. The summed E-state index contributed by atoms with van der Waals surface area (Å²) in [5, 5.41) is 3.04. The quantitative estimate of drug-likeness (QED) is 0.824. The van der Waals surface area contributed by atoms with E-state index in [1.54, 1.807) is 28.0 Å². The van der Waals surface area contributed by atoms with Crippen molar-refractivity contribution in [2.75, 3.05) is 16.8 Å². The van der Waals surface area contributed by atoms with Crippen LogP contribution in [0.5, 0.6) is 0 Å². The Kier molecular flexibility index (Phi) is 5.10. The fraction of sp³-hybridized carbons (Fsp3) is 0.375. The number of amides is 3. The van der Waals surface area contributed by atoms with Gasteiger partial charge in [-0.2, -0.15) is 0 Å². The summed E-state index contributed by atoms with van der Waals surface area (Å²) in [6.45, 7) is 5.88. The van der Waals surface area contributed by atoms with Crippen LogP contribution in [0.3, 0.4) is 0 Å². The van der Waals surface area contributed by atoms with E-state index in [1.807, 2.05) is 31.2 Å². The van der Waals surface area contributed by atoms with Crippen LogP contribution in [0.1, 0.15) is 55.1 Å². The van der Waals surface area contributed by atoms with Gasteiger partial charge in [0.2, 0.25) is 11.8 Å². The maximum absolute atomic E-state index is 13.3. The van der Waals surface area contributed by atoms with Gasteiger partial charge < -0.3 is 10.2 Å². The molecule has 4 rings (SSSR count). The molecule has 0 spiro atoms. The van der Waals surface area contributed by atoms with Crippen molar-refractivity contribution in [2.45, 2.75) is 52.1 Å². The normalized spacial score (nSPS) is 20.2. The van der Waals surface area contributed by atoms with E-state index in [-0.39, 0.29) is 24.3 Å². The van der Waals surface area contributed by atoms with Gasteiger partial charge in [0.05, 0.1) is 11.3 Å². The lowest BCUT2D eigenvalue weighted by Gasteiger charge is -2.48. The SMILES string of the molecule is CCc1cccc(CC)c1NC(=O)CN1C(=O)c2ccccc2N2C(=O)CC[C@]12C. The molecule has 0 unspecified atom stereocenters. The summed E-state index contributed by atoms with van der Waals surface area (Å²) in [5.74, 6) is -0.486. The van der Waals surface area contributed by atoms with Crippen LogP contribution in [0.15, 0.2) is 42.5 Å². The summed E-state index contributed by atoms with van der Waals surface area (Å²) in [4.78, 5) is 42.3. The van der Waals surface area contributed by atoms with Crippen molar-refractivity contribution in [3.63, 3.8) is 0 Å². The summed E-state index contributed by atoms with van der Waals surface area (Å²) in [6, 6.07) is 13.1. The third-order valence-electron chi connectivity index (χ3n) is 6.31. The molecule has 6 nitrogen and oxygen atoms in total. The van der Waals surface area contributed by atoms with Crippen LogP contribution in [-0.4, -0.2) is 34.8 Å². The summed E-state index contributed by atoms with van der Waals surface area (Å²) in [7, 11) is 0. The smallest absolute Gasteiger partial charge is 0.258 e. The summed E-state index contributed by atoms with van der Waals surface area (Å²) >= 11 is 0. The predicted octanol–water partition coefficient (Wildman–Crippen LogP) is 3.75. The molecule has 1 fully saturated rings. The number of carbonyl (C=O) groups is 3. The zero-order valence-electron chi connectivity index (χ0n) is 17.7. The second-order valence-corrected chi connectivity index (χ2v) is 8.06. The number of rotatable bonds is 5. The summed E-state index contributed by atoms with van der Waals surface area (Å²) in [5.41, 5.74) is 3.23. The zero-order valence-corrected chi connectivity index (χ0v) is 17.7. The molecule has 0 aromatic heterocycles. The largest absolute Gasteiger partial charge is 0.324 e. The highest BCUT2D eigenvalue weighted by Gasteiger charge is 2.53. The predicted molar refractivity (Wildman–Crippen MR) is 116 cm³/mol. The van der Waals surface area contributed by atoms with Crippen LogP contribution in [0.4, 0.5) is 11.4 Å². The van der Waals surface area contributed by atoms with E-state index >= 15 is 0 Å². The highest BCUT2D eigenvalue weighted by Crippen LogP contribution is 2.43. The maximum atomic E-state index is 13.3. The van der Waals surface area contributed by atoms with Crippen molar-refractivity contribution < 1.29 is 14.4 Å². The first kappa shape index (κ1) is 20.1. The number of aryl methyl sites for hydroxylation is 2. The molecule has 0 bridgehead atoms. The average Bonchev–Trinajstić information content (AvgIpc) is 3.06. The lowest BCUT2D eigenvalue weighted by atomic mass is 9.98. The molecule has 2 heterocycles. The molecular weight excluding hydrogens is 378 g/mol. The molecule has 6 heteroatoms. The van der Waals surface area contributed by atoms with E-state index in [4.69, 9.17) is 0 Å². The fourth-order valence-corrected chi connectivity index (χ4v) is 4.67. The van der Waals surface area contributed by atoms with Gasteiger partial charge in [0.15, 0.2) is 0 Å². The van der Waals surface area contributed by atoms with Crippen molar-refractivity contribution in [3.8, 4) is 0 Å². The van der Waals surface area contributed by atoms with Crippen LogP contribution in [0.25, 0.3) is 0 Å². The maximum Gasteiger partial charge on any atom is 0.258 e. The Morgan fingerprint density at radius 1 is 1.03 bits per heavy atom. The minimum atomic E-state index is -0.836. The van der Waals surface area contributed by atoms with E-state index in [9.17, 15) is 14.4 Å². The van der Waals surface area contributed by atoms with Crippen molar-refractivity contribution >= 4 is 29.1 Å². The molecule has 1 saturated heterocycles. The Bertz CT molecular complexity index is 1010. The van der Waals surface area contributed by atoms with Gasteiger partial charge in [0.1, 0.15) is 12.2 Å². The Morgan fingerprint density at radius 2 is 1.70 bits per heavy atom. The monoisotopic (exact) mass is 405 g/mol. The number of hydrogen-bond donors (Lipinski definition) is 1. The minimum Gasteiger partial charge on any atom is -0.324 e. The molecule has 1 N–H and O–H groups in total. The zero-order chi connectivity index (χ0) is 21.5. The third kappa shape index (κ3) is 3.07. The van der Waals surface area contributed by atoms with Crippen LogP contribution >= 0.6 is 0 Å². The Balaban J connectivity index is 1.66. The molecule has 30 heavy (non-hydrogen) atoms. The van der Waals surface area contributed by atoms with Gasteiger partial charge in [-0.1, -0.05) is 44.2 Å². The molecule has 2 aliphatic rings.